The number of para-hydroxylation sites is 1. The van der Waals surface area contributed by atoms with Gasteiger partial charge in [-0.1, -0.05) is 42.5 Å². The number of carbonyl (C=O) groups excluding carboxylic acids is 3. The fourth-order valence-corrected chi connectivity index (χ4v) is 2.78. The zero-order valence-corrected chi connectivity index (χ0v) is 17.2. The van der Waals surface area contributed by atoms with Crippen molar-refractivity contribution >= 4 is 23.5 Å². The molecular weight excluding hydrogens is 396 g/mol. The smallest absolute Gasteiger partial charge is 0.359 e. The molecule has 3 rings (SSSR count). The number of ether oxygens (including phenoxy) is 1. The van der Waals surface area contributed by atoms with Crippen LogP contribution in [0.3, 0.4) is 0 Å². The Kier molecular flexibility index (Phi) is 7.05. The van der Waals surface area contributed by atoms with E-state index in [2.05, 4.69) is 20.6 Å². The predicted octanol–water partition coefficient (Wildman–Crippen LogP) is 3.07. The third kappa shape index (κ3) is 5.96. The van der Waals surface area contributed by atoms with Gasteiger partial charge in [0.25, 0.3) is 11.8 Å². The zero-order chi connectivity index (χ0) is 22.2. The highest BCUT2D eigenvalue weighted by Crippen LogP contribution is 2.18. The van der Waals surface area contributed by atoms with E-state index in [0.717, 1.165) is 5.56 Å². The zero-order valence-electron chi connectivity index (χ0n) is 17.2. The maximum atomic E-state index is 12.7. The van der Waals surface area contributed by atoms with E-state index in [1.807, 2.05) is 37.3 Å². The van der Waals surface area contributed by atoms with E-state index in [4.69, 9.17) is 4.74 Å². The summed E-state index contributed by atoms with van der Waals surface area (Å²) >= 11 is 0. The van der Waals surface area contributed by atoms with Gasteiger partial charge in [0.15, 0.2) is 12.3 Å². The fraction of sp³-hybridized carbons (Fsp3) is 0.174. The molecule has 2 amide bonds. The van der Waals surface area contributed by atoms with Crippen molar-refractivity contribution in [3.8, 4) is 0 Å². The number of hydrogen-bond acceptors (Lipinski definition) is 6. The molecule has 31 heavy (non-hydrogen) atoms. The lowest BCUT2D eigenvalue weighted by molar-refractivity contribution is -0.119. The molecule has 0 aliphatic rings. The minimum Gasteiger partial charge on any atom is -0.451 e. The molecule has 0 fully saturated rings. The number of amides is 2. The second kappa shape index (κ2) is 10.1. The first-order chi connectivity index (χ1) is 14.9. The maximum absolute atomic E-state index is 12.7. The number of aromatic nitrogens is 2. The van der Waals surface area contributed by atoms with E-state index in [-0.39, 0.29) is 17.6 Å². The van der Waals surface area contributed by atoms with Gasteiger partial charge in [-0.2, -0.15) is 0 Å². The predicted molar refractivity (Wildman–Crippen MR) is 114 cm³/mol. The first-order valence-electron chi connectivity index (χ1n) is 9.64. The van der Waals surface area contributed by atoms with Gasteiger partial charge in [0.05, 0.1) is 29.2 Å². The van der Waals surface area contributed by atoms with Crippen LogP contribution in [0.25, 0.3) is 0 Å². The van der Waals surface area contributed by atoms with Crippen LogP contribution in [0.5, 0.6) is 0 Å². The molecule has 0 bridgehead atoms. The number of nitrogens with one attached hydrogen (secondary N) is 2. The monoisotopic (exact) mass is 418 g/mol. The minimum absolute atomic E-state index is 0.00748. The summed E-state index contributed by atoms with van der Waals surface area (Å²) in [6.07, 6.45) is 2.71. The molecule has 158 valence electrons. The Labute approximate surface area is 179 Å². The summed E-state index contributed by atoms with van der Waals surface area (Å²) in [5.41, 5.74) is 2.24. The summed E-state index contributed by atoms with van der Waals surface area (Å²) in [6, 6.07) is 15.9. The molecule has 1 atom stereocenters. The SMILES string of the molecule is Cc1cnc(C(=O)OCC(=O)Nc2ccccc2C(=O)N[C@H](C)c2ccccc2)cn1. The van der Waals surface area contributed by atoms with E-state index >= 15 is 0 Å². The van der Waals surface area contributed by atoms with E-state index in [1.165, 1.54) is 12.4 Å². The Morgan fingerprint density at radius 2 is 1.68 bits per heavy atom. The normalized spacial score (nSPS) is 11.3. The van der Waals surface area contributed by atoms with Gasteiger partial charge in [-0.3, -0.25) is 14.6 Å². The molecule has 8 heteroatoms. The molecule has 0 aliphatic heterocycles. The number of hydrogen-bond donors (Lipinski definition) is 2. The molecule has 3 aromatic rings. The van der Waals surface area contributed by atoms with Gasteiger partial charge in [0.2, 0.25) is 0 Å². The summed E-state index contributed by atoms with van der Waals surface area (Å²) in [5, 5.41) is 5.52. The Balaban J connectivity index is 1.60. The molecule has 0 aliphatic carbocycles. The topological polar surface area (TPSA) is 110 Å². The van der Waals surface area contributed by atoms with Gasteiger partial charge in [-0.15, -0.1) is 0 Å². The van der Waals surface area contributed by atoms with Crippen LogP contribution < -0.4 is 10.6 Å². The molecule has 0 saturated carbocycles. The fourth-order valence-electron chi connectivity index (χ4n) is 2.78. The quantitative estimate of drug-likeness (QED) is 0.571. The summed E-state index contributed by atoms with van der Waals surface area (Å²) in [7, 11) is 0. The second-order valence-electron chi connectivity index (χ2n) is 6.82. The van der Waals surface area contributed by atoms with Crippen molar-refractivity contribution < 1.29 is 19.1 Å². The highest BCUT2D eigenvalue weighted by atomic mass is 16.5. The van der Waals surface area contributed by atoms with Crippen LogP contribution in [0.15, 0.2) is 67.0 Å². The molecule has 0 saturated heterocycles. The average molecular weight is 418 g/mol. The van der Waals surface area contributed by atoms with E-state index in [0.29, 0.717) is 16.9 Å². The Hall–Kier alpha value is -4.07. The Morgan fingerprint density at radius 3 is 2.39 bits per heavy atom. The summed E-state index contributed by atoms with van der Waals surface area (Å²) in [6.45, 7) is 3.09. The number of esters is 1. The summed E-state index contributed by atoms with van der Waals surface area (Å²) < 4.78 is 4.97. The van der Waals surface area contributed by atoms with E-state index in [9.17, 15) is 14.4 Å². The first kappa shape index (κ1) is 21.6. The van der Waals surface area contributed by atoms with E-state index in [1.54, 1.807) is 31.2 Å². The number of benzene rings is 2. The van der Waals surface area contributed by atoms with Gasteiger partial charge in [0.1, 0.15) is 0 Å². The van der Waals surface area contributed by atoms with Crippen molar-refractivity contribution in [2.45, 2.75) is 19.9 Å². The molecule has 1 heterocycles. The number of nitrogens with zero attached hydrogens (tertiary/aromatic N) is 2. The summed E-state index contributed by atoms with van der Waals surface area (Å²) in [4.78, 5) is 44.9. The number of carbonyl (C=O) groups is 3. The third-order valence-electron chi connectivity index (χ3n) is 4.42. The molecule has 8 nitrogen and oxygen atoms in total. The highest BCUT2D eigenvalue weighted by molar-refractivity contribution is 6.04. The first-order valence-corrected chi connectivity index (χ1v) is 9.64. The van der Waals surface area contributed by atoms with Gasteiger partial charge in [-0.05, 0) is 31.5 Å². The molecule has 0 unspecified atom stereocenters. The summed E-state index contributed by atoms with van der Waals surface area (Å²) in [5.74, 6) is -1.67. The van der Waals surface area contributed by atoms with Crippen molar-refractivity contribution in [2.75, 3.05) is 11.9 Å². The molecule has 0 radical (unpaired) electrons. The standard InChI is InChI=1S/C23H22N4O4/c1-15-12-25-20(13-24-15)23(30)31-14-21(28)27-19-11-7-6-10-18(19)22(29)26-16(2)17-8-4-3-5-9-17/h3-13,16H,14H2,1-2H3,(H,26,29)(H,27,28)/t16-/m1/s1. The van der Waals surface area contributed by atoms with Crippen LogP contribution in [-0.4, -0.2) is 34.4 Å². The van der Waals surface area contributed by atoms with Crippen molar-refractivity contribution in [3.63, 3.8) is 0 Å². The van der Waals surface area contributed by atoms with Gasteiger partial charge in [0, 0.05) is 6.20 Å². The average Bonchev–Trinajstić information content (AvgIpc) is 2.79. The van der Waals surface area contributed by atoms with Crippen LogP contribution in [0.1, 0.15) is 45.1 Å². The molecule has 2 aromatic carbocycles. The number of anilines is 1. The molecular formula is C23H22N4O4. The van der Waals surface area contributed by atoms with Crippen LogP contribution in [0.4, 0.5) is 5.69 Å². The molecule has 1 aromatic heterocycles. The molecule has 2 N–H and O–H groups in total. The Morgan fingerprint density at radius 1 is 0.968 bits per heavy atom. The van der Waals surface area contributed by atoms with Crippen molar-refractivity contribution in [1.29, 1.82) is 0 Å². The van der Waals surface area contributed by atoms with Crippen LogP contribution >= 0.6 is 0 Å². The van der Waals surface area contributed by atoms with Crippen LogP contribution in [-0.2, 0) is 9.53 Å². The van der Waals surface area contributed by atoms with Gasteiger partial charge >= 0.3 is 5.97 Å². The lowest BCUT2D eigenvalue weighted by atomic mass is 10.1. The largest absolute Gasteiger partial charge is 0.451 e. The van der Waals surface area contributed by atoms with Crippen molar-refractivity contribution in [3.05, 3.63) is 89.5 Å². The molecule has 0 spiro atoms. The number of aryl methyl sites for hydroxylation is 1. The Bertz CT molecular complexity index is 1070. The van der Waals surface area contributed by atoms with Crippen molar-refractivity contribution in [1.82, 2.24) is 15.3 Å². The van der Waals surface area contributed by atoms with Gasteiger partial charge < -0.3 is 15.4 Å². The second-order valence-corrected chi connectivity index (χ2v) is 6.82. The van der Waals surface area contributed by atoms with Crippen LogP contribution in [0.2, 0.25) is 0 Å². The minimum atomic E-state index is -0.759. The number of rotatable bonds is 7. The van der Waals surface area contributed by atoms with Crippen molar-refractivity contribution in [2.24, 2.45) is 0 Å². The lowest BCUT2D eigenvalue weighted by Gasteiger charge is -2.16. The third-order valence-corrected chi connectivity index (χ3v) is 4.42. The van der Waals surface area contributed by atoms with Gasteiger partial charge in [-0.25, -0.2) is 9.78 Å². The maximum Gasteiger partial charge on any atom is 0.359 e. The lowest BCUT2D eigenvalue weighted by Crippen LogP contribution is -2.28. The van der Waals surface area contributed by atoms with E-state index < -0.39 is 18.5 Å². The van der Waals surface area contributed by atoms with Crippen LogP contribution in [0, 0.1) is 6.92 Å². The highest BCUT2D eigenvalue weighted by Gasteiger charge is 2.17.